The Balaban J connectivity index is 1.56. The number of benzene rings is 1. The van der Waals surface area contributed by atoms with Gasteiger partial charge in [0, 0.05) is 48.8 Å². The molecule has 0 radical (unpaired) electrons. The quantitative estimate of drug-likeness (QED) is 0.428. The smallest absolute Gasteiger partial charge is 0.236 e. The van der Waals surface area contributed by atoms with Gasteiger partial charge in [0.15, 0.2) is 11.5 Å². The highest BCUT2D eigenvalue weighted by atomic mass is 32.1. The number of hydrogen-bond acceptors (Lipinski definition) is 6. The highest BCUT2D eigenvalue weighted by Gasteiger charge is 2.16. The molecular weight excluding hydrogens is 400 g/mol. The maximum atomic E-state index is 12.0. The largest absolute Gasteiger partial charge is 0.337 e. The number of hydrogen-bond donors (Lipinski definition) is 2. The number of imidazole rings is 2. The maximum Gasteiger partial charge on any atom is 0.236 e. The van der Waals surface area contributed by atoms with Crippen LogP contribution in [0, 0.1) is 0 Å². The second kappa shape index (κ2) is 7.16. The number of nitrogens with one attached hydrogen (secondary N) is 1. The Hall–Kier alpha value is -3.92. The average molecular weight is 416 g/mol. The minimum Gasteiger partial charge on any atom is -0.337 e. The third kappa shape index (κ3) is 3.22. The van der Waals surface area contributed by atoms with Crippen molar-refractivity contribution in [2.75, 3.05) is 5.32 Å². The standard InChI is InChI=1S/C20H16N8OS/c1-26-10-13(8-23-26)17-9-22-19-18(25-16(20(29)30)11-28(17)19)24-14-2-4-15(5-3-14)27-7-6-21-12-27/h2-12H,1H3,(H,24,25)(H,29,30). The van der Waals surface area contributed by atoms with E-state index in [2.05, 4.69) is 38.0 Å². The molecule has 4 aromatic heterocycles. The molecule has 9 nitrogen and oxygen atoms in total. The summed E-state index contributed by atoms with van der Waals surface area (Å²) in [5.74, 6) is 0.459. The van der Waals surface area contributed by atoms with Crippen LogP contribution in [0.3, 0.4) is 0 Å². The Morgan fingerprint density at radius 3 is 2.63 bits per heavy atom. The topological polar surface area (TPSA) is 94.9 Å². The van der Waals surface area contributed by atoms with Crippen molar-refractivity contribution in [3.8, 4) is 16.9 Å². The molecule has 0 saturated carbocycles. The Morgan fingerprint density at radius 2 is 1.97 bits per heavy atom. The van der Waals surface area contributed by atoms with Crippen LogP contribution in [0.2, 0.25) is 0 Å². The average Bonchev–Trinajstić information content (AvgIpc) is 3.49. The molecule has 0 unspecified atom stereocenters. The van der Waals surface area contributed by atoms with Crippen LogP contribution in [-0.4, -0.2) is 38.8 Å². The van der Waals surface area contributed by atoms with Crippen LogP contribution >= 0.6 is 12.6 Å². The molecule has 10 heteroatoms. The Kier molecular flexibility index (Phi) is 4.32. The van der Waals surface area contributed by atoms with E-state index in [9.17, 15) is 4.79 Å². The highest BCUT2D eigenvalue weighted by molar-refractivity contribution is 7.97. The molecule has 4 heterocycles. The lowest BCUT2D eigenvalue weighted by Crippen LogP contribution is -2.05. The molecule has 0 aliphatic carbocycles. The summed E-state index contributed by atoms with van der Waals surface area (Å²) in [6.07, 6.45) is 12.3. The molecule has 5 aromatic rings. The molecular formula is C20H16N8OS. The van der Waals surface area contributed by atoms with E-state index in [0.717, 1.165) is 22.6 Å². The molecule has 5 rings (SSSR count). The summed E-state index contributed by atoms with van der Waals surface area (Å²) in [6.45, 7) is 0. The van der Waals surface area contributed by atoms with Crippen LogP contribution < -0.4 is 5.32 Å². The Bertz CT molecular complexity index is 1350. The number of aryl methyl sites for hydroxylation is 1. The fourth-order valence-electron chi connectivity index (χ4n) is 3.21. The highest BCUT2D eigenvalue weighted by Crippen LogP contribution is 2.26. The van der Waals surface area contributed by atoms with E-state index in [0.29, 0.717) is 11.5 Å². The Morgan fingerprint density at radius 1 is 1.13 bits per heavy atom. The number of nitrogens with zero attached hydrogens (tertiary/aromatic N) is 7. The van der Waals surface area contributed by atoms with Gasteiger partial charge in [0.1, 0.15) is 5.69 Å². The lowest BCUT2D eigenvalue weighted by atomic mass is 10.2. The lowest BCUT2D eigenvalue weighted by Gasteiger charge is -2.10. The molecule has 1 aromatic carbocycles. The number of rotatable bonds is 5. The number of carbonyl (C=O) groups excluding carboxylic acids is 1. The van der Waals surface area contributed by atoms with Crippen LogP contribution in [0.15, 0.2) is 67.8 Å². The first-order chi connectivity index (χ1) is 14.6. The van der Waals surface area contributed by atoms with Crippen molar-refractivity contribution >= 4 is 34.9 Å². The van der Waals surface area contributed by atoms with Crippen molar-refractivity contribution in [1.29, 1.82) is 0 Å². The molecule has 0 fully saturated rings. The molecule has 0 aliphatic rings. The second-order valence-electron chi connectivity index (χ2n) is 6.66. The fraction of sp³-hybridized carbons (Fsp3) is 0.0500. The van der Waals surface area contributed by atoms with Crippen LogP contribution in [0.4, 0.5) is 11.5 Å². The van der Waals surface area contributed by atoms with E-state index in [1.54, 1.807) is 35.8 Å². The van der Waals surface area contributed by atoms with Crippen molar-refractivity contribution < 1.29 is 4.79 Å². The third-order valence-corrected chi connectivity index (χ3v) is 4.87. The van der Waals surface area contributed by atoms with E-state index in [1.165, 1.54) is 0 Å². The number of aromatic nitrogens is 7. The number of anilines is 2. The summed E-state index contributed by atoms with van der Waals surface area (Å²) >= 11 is 3.95. The van der Waals surface area contributed by atoms with Gasteiger partial charge >= 0.3 is 0 Å². The van der Waals surface area contributed by atoms with Crippen molar-refractivity contribution in [2.45, 2.75) is 0 Å². The second-order valence-corrected chi connectivity index (χ2v) is 7.07. The van der Waals surface area contributed by atoms with E-state index in [4.69, 9.17) is 0 Å². The van der Waals surface area contributed by atoms with Gasteiger partial charge in [-0.1, -0.05) is 12.6 Å². The van der Waals surface area contributed by atoms with Gasteiger partial charge in [-0.05, 0) is 24.3 Å². The first kappa shape index (κ1) is 18.1. The molecule has 148 valence electrons. The normalized spacial score (nSPS) is 11.1. The minimum atomic E-state index is -0.429. The van der Waals surface area contributed by atoms with Gasteiger partial charge in [-0.15, -0.1) is 0 Å². The van der Waals surface area contributed by atoms with Gasteiger partial charge in [0.2, 0.25) is 5.12 Å². The zero-order valence-electron chi connectivity index (χ0n) is 15.8. The van der Waals surface area contributed by atoms with Gasteiger partial charge in [-0.2, -0.15) is 5.10 Å². The van der Waals surface area contributed by atoms with E-state index in [-0.39, 0.29) is 5.69 Å². The molecule has 0 aliphatic heterocycles. The van der Waals surface area contributed by atoms with Gasteiger partial charge in [-0.25, -0.2) is 15.0 Å². The summed E-state index contributed by atoms with van der Waals surface area (Å²) in [5.41, 5.74) is 4.27. The number of thiol groups is 1. The summed E-state index contributed by atoms with van der Waals surface area (Å²) in [7, 11) is 1.84. The number of fused-ring (bicyclic) bond motifs is 1. The molecule has 30 heavy (non-hydrogen) atoms. The predicted octanol–water partition coefficient (Wildman–Crippen LogP) is 3.13. The SMILES string of the molecule is Cn1cc(-c2cnc3c(Nc4ccc(-n5ccnc5)cc4)nc(C(=O)S)cn23)cn1. The van der Waals surface area contributed by atoms with Crippen LogP contribution in [0.1, 0.15) is 10.5 Å². The zero-order chi connectivity index (χ0) is 20.7. The van der Waals surface area contributed by atoms with E-state index < -0.39 is 5.12 Å². The Labute approximate surface area is 176 Å². The molecule has 0 atom stereocenters. The summed E-state index contributed by atoms with van der Waals surface area (Å²) in [6, 6.07) is 7.77. The van der Waals surface area contributed by atoms with Crippen molar-refractivity contribution in [2.24, 2.45) is 7.05 Å². The third-order valence-electron chi connectivity index (χ3n) is 4.64. The zero-order valence-corrected chi connectivity index (χ0v) is 16.7. The van der Waals surface area contributed by atoms with Crippen LogP contribution in [0.25, 0.3) is 22.6 Å². The summed E-state index contributed by atoms with van der Waals surface area (Å²) in [4.78, 5) is 25.0. The monoisotopic (exact) mass is 416 g/mol. The first-order valence-corrected chi connectivity index (χ1v) is 9.49. The van der Waals surface area contributed by atoms with Gasteiger partial charge in [0.05, 0.1) is 24.4 Å². The van der Waals surface area contributed by atoms with Crippen LogP contribution in [-0.2, 0) is 7.05 Å². The van der Waals surface area contributed by atoms with Crippen molar-refractivity contribution in [1.82, 2.24) is 33.7 Å². The first-order valence-electron chi connectivity index (χ1n) is 9.04. The summed E-state index contributed by atoms with van der Waals surface area (Å²) < 4.78 is 5.44. The van der Waals surface area contributed by atoms with Crippen molar-refractivity contribution in [3.05, 3.63) is 73.5 Å². The molecule has 0 spiro atoms. The number of carbonyl (C=O) groups is 1. The van der Waals surface area contributed by atoms with Gasteiger partial charge in [-0.3, -0.25) is 13.9 Å². The molecule has 0 saturated heterocycles. The molecule has 1 N–H and O–H groups in total. The van der Waals surface area contributed by atoms with Gasteiger partial charge in [0.25, 0.3) is 0 Å². The van der Waals surface area contributed by atoms with Crippen molar-refractivity contribution in [3.63, 3.8) is 0 Å². The van der Waals surface area contributed by atoms with E-state index >= 15 is 0 Å². The van der Waals surface area contributed by atoms with E-state index in [1.807, 2.05) is 52.7 Å². The molecule has 0 amide bonds. The summed E-state index contributed by atoms with van der Waals surface area (Å²) in [5, 5.41) is 7.04. The lowest BCUT2D eigenvalue weighted by molar-refractivity contribution is 0.108. The fourth-order valence-corrected chi connectivity index (χ4v) is 3.32. The maximum absolute atomic E-state index is 12.0. The molecule has 0 bridgehead atoms. The van der Waals surface area contributed by atoms with Crippen LogP contribution in [0.5, 0.6) is 0 Å². The minimum absolute atomic E-state index is 0.214. The van der Waals surface area contributed by atoms with Gasteiger partial charge < -0.3 is 9.88 Å². The predicted molar refractivity (Wildman–Crippen MR) is 115 cm³/mol.